The number of aromatic nitrogens is 1. The lowest BCUT2D eigenvalue weighted by atomic mass is 9.95. The Morgan fingerprint density at radius 2 is 1.80 bits per heavy atom. The molecule has 1 amide bonds. The zero-order chi connectivity index (χ0) is 21.1. The van der Waals surface area contributed by atoms with Crippen molar-refractivity contribution >= 4 is 26.7 Å². The molecular weight excluding hydrogens is 398 g/mol. The van der Waals surface area contributed by atoms with E-state index in [1.54, 1.807) is 18.3 Å². The van der Waals surface area contributed by atoms with Crippen molar-refractivity contribution < 1.29 is 13.2 Å². The summed E-state index contributed by atoms with van der Waals surface area (Å²) in [4.78, 5) is 16.9. The molecule has 6 nitrogen and oxygen atoms in total. The Hall–Kier alpha value is -2.77. The number of hydrogen-bond donors (Lipinski definition) is 1. The SMILES string of the molecule is CC(NC(=O)C1CCN(S(=O)(=O)c2cccnc2)CC1)c1cccc2ccccc12. The van der Waals surface area contributed by atoms with Crippen LogP contribution in [-0.4, -0.2) is 36.7 Å². The number of carbonyl (C=O) groups excluding carboxylic acids is 1. The van der Waals surface area contributed by atoms with Crippen molar-refractivity contribution in [1.29, 1.82) is 0 Å². The summed E-state index contributed by atoms with van der Waals surface area (Å²) in [5, 5.41) is 5.40. The lowest BCUT2D eigenvalue weighted by Crippen LogP contribution is -2.43. The number of hydrogen-bond acceptors (Lipinski definition) is 4. The number of nitrogens with one attached hydrogen (secondary N) is 1. The lowest BCUT2D eigenvalue weighted by Gasteiger charge is -2.31. The third-order valence-corrected chi connectivity index (χ3v) is 7.63. The number of carbonyl (C=O) groups is 1. The second-order valence-electron chi connectivity index (χ2n) is 7.67. The van der Waals surface area contributed by atoms with E-state index in [0.29, 0.717) is 25.9 Å². The van der Waals surface area contributed by atoms with Gasteiger partial charge in [0, 0.05) is 31.4 Å². The van der Waals surface area contributed by atoms with Crippen molar-refractivity contribution in [2.75, 3.05) is 13.1 Å². The molecule has 0 bridgehead atoms. The molecule has 1 fully saturated rings. The Kier molecular flexibility index (Phi) is 5.83. The van der Waals surface area contributed by atoms with Crippen LogP contribution in [0.25, 0.3) is 10.8 Å². The number of benzene rings is 2. The van der Waals surface area contributed by atoms with Crippen molar-refractivity contribution in [3.05, 3.63) is 72.6 Å². The number of nitrogens with zero attached hydrogens (tertiary/aromatic N) is 2. The van der Waals surface area contributed by atoms with Gasteiger partial charge in [-0.25, -0.2) is 8.42 Å². The van der Waals surface area contributed by atoms with Crippen LogP contribution in [0.5, 0.6) is 0 Å². The number of pyridine rings is 1. The molecule has 0 radical (unpaired) electrons. The third-order valence-electron chi connectivity index (χ3n) is 5.75. The minimum atomic E-state index is -3.56. The Labute approximate surface area is 177 Å². The summed E-state index contributed by atoms with van der Waals surface area (Å²) in [5.41, 5.74) is 1.08. The van der Waals surface area contributed by atoms with E-state index in [1.165, 1.54) is 10.5 Å². The Bertz CT molecular complexity index is 1140. The normalized spacial score (nSPS) is 17.0. The van der Waals surface area contributed by atoms with E-state index in [9.17, 15) is 13.2 Å². The molecule has 2 aromatic carbocycles. The largest absolute Gasteiger partial charge is 0.349 e. The maximum absolute atomic E-state index is 12.9. The minimum absolute atomic E-state index is 0.0196. The molecular formula is C23H25N3O3S. The average molecular weight is 424 g/mol. The van der Waals surface area contributed by atoms with Gasteiger partial charge in [-0.3, -0.25) is 9.78 Å². The molecule has 3 aromatic rings. The van der Waals surface area contributed by atoms with Crippen LogP contribution in [0.1, 0.15) is 31.4 Å². The quantitative estimate of drug-likeness (QED) is 0.681. The van der Waals surface area contributed by atoms with Crippen molar-refractivity contribution in [3.8, 4) is 0 Å². The van der Waals surface area contributed by atoms with Gasteiger partial charge in [-0.05, 0) is 48.2 Å². The first-order chi connectivity index (χ1) is 14.5. The van der Waals surface area contributed by atoms with Crippen molar-refractivity contribution in [2.24, 2.45) is 5.92 Å². The van der Waals surface area contributed by atoms with Gasteiger partial charge in [-0.1, -0.05) is 42.5 Å². The number of piperidine rings is 1. The molecule has 30 heavy (non-hydrogen) atoms. The number of sulfonamides is 1. The molecule has 1 atom stereocenters. The highest BCUT2D eigenvalue weighted by Crippen LogP contribution is 2.27. The van der Waals surface area contributed by atoms with Crippen LogP contribution < -0.4 is 5.32 Å². The molecule has 1 aliphatic rings. The maximum atomic E-state index is 12.9. The topological polar surface area (TPSA) is 79.4 Å². The van der Waals surface area contributed by atoms with E-state index < -0.39 is 10.0 Å². The van der Waals surface area contributed by atoms with E-state index in [2.05, 4.69) is 28.5 Å². The third kappa shape index (κ3) is 4.08. The average Bonchev–Trinajstić information content (AvgIpc) is 2.79. The number of rotatable bonds is 5. The van der Waals surface area contributed by atoms with Gasteiger partial charge in [0.15, 0.2) is 0 Å². The molecule has 7 heteroatoms. The smallest absolute Gasteiger partial charge is 0.244 e. The first-order valence-corrected chi connectivity index (χ1v) is 11.6. The Balaban J connectivity index is 1.40. The summed E-state index contributed by atoms with van der Waals surface area (Å²) in [5.74, 6) is -0.211. The fourth-order valence-corrected chi connectivity index (χ4v) is 5.48. The number of fused-ring (bicyclic) bond motifs is 1. The summed E-state index contributed by atoms with van der Waals surface area (Å²) in [6.07, 6.45) is 3.92. The molecule has 156 valence electrons. The standard InChI is InChI=1S/C23H25N3O3S/c1-17(21-10-4-7-18-6-2-3-9-22(18)21)25-23(27)19-11-14-26(15-12-19)30(28,29)20-8-5-13-24-16-20/h2-10,13,16-17,19H,11-12,14-15H2,1H3,(H,25,27). The summed E-state index contributed by atoms with van der Waals surface area (Å²) in [7, 11) is -3.56. The van der Waals surface area contributed by atoms with E-state index >= 15 is 0 Å². The van der Waals surface area contributed by atoms with Gasteiger partial charge in [0.2, 0.25) is 15.9 Å². The highest BCUT2D eigenvalue weighted by Gasteiger charge is 2.32. The fraction of sp³-hybridized carbons (Fsp3) is 0.304. The van der Waals surface area contributed by atoms with E-state index in [0.717, 1.165) is 16.3 Å². The van der Waals surface area contributed by atoms with Gasteiger partial charge in [0.25, 0.3) is 0 Å². The number of amides is 1. The van der Waals surface area contributed by atoms with Gasteiger partial charge >= 0.3 is 0 Å². The van der Waals surface area contributed by atoms with E-state index in [1.807, 2.05) is 31.2 Å². The molecule has 2 heterocycles. The van der Waals surface area contributed by atoms with Crippen LogP contribution in [0.3, 0.4) is 0 Å². The second kappa shape index (κ2) is 8.53. The molecule has 1 aromatic heterocycles. The van der Waals surface area contributed by atoms with Crippen LogP contribution in [0.15, 0.2) is 71.9 Å². The summed E-state index contributed by atoms with van der Waals surface area (Å²) < 4.78 is 26.9. The molecule has 0 aliphatic carbocycles. The predicted molar refractivity (Wildman–Crippen MR) is 116 cm³/mol. The summed E-state index contributed by atoms with van der Waals surface area (Å²) >= 11 is 0. The lowest BCUT2D eigenvalue weighted by molar-refractivity contribution is -0.126. The van der Waals surface area contributed by atoms with Crippen molar-refractivity contribution in [1.82, 2.24) is 14.6 Å². The van der Waals surface area contributed by atoms with Crippen molar-refractivity contribution in [3.63, 3.8) is 0 Å². The summed E-state index contributed by atoms with van der Waals surface area (Å²) in [6.45, 7) is 2.65. The maximum Gasteiger partial charge on any atom is 0.244 e. The first-order valence-electron chi connectivity index (χ1n) is 10.1. The highest BCUT2D eigenvalue weighted by atomic mass is 32.2. The molecule has 0 saturated carbocycles. The van der Waals surface area contributed by atoms with Crippen LogP contribution in [0.4, 0.5) is 0 Å². The van der Waals surface area contributed by atoms with Gasteiger partial charge in [0.05, 0.1) is 6.04 Å². The van der Waals surface area contributed by atoms with Gasteiger partial charge < -0.3 is 5.32 Å². The van der Waals surface area contributed by atoms with Gasteiger partial charge in [0.1, 0.15) is 4.90 Å². The fourth-order valence-electron chi connectivity index (χ4n) is 4.04. The van der Waals surface area contributed by atoms with Crippen LogP contribution in [0, 0.1) is 5.92 Å². The van der Waals surface area contributed by atoms with Crippen LogP contribution >= 0.6 is 0 Å². The summed E-state index contributed by atoms with van der Waals surface area (Å²) in [6, 6.07) is 17.3. The molecule has 1 N–H and O–H groups in total. The molecule has 1 unspecified atom stereocenters. The Morgan fingerprint density at radius 3 is 2.53 bits per heavy atom. The predicted octanol–water partition coefficient (Wildman–Crippen LogP) is 3.51. The van der Waals surface area contributed by atoms with Gasteiger partial charge in [-0.15, -0.1) is 0 Å². The molecule has 4 rings (SSSR count). The molecule has 1 aliphatic heterocycles. The van der Waals surface area contributed by atoms with Crippen LogP contribution in [-0.2, 0) is 14.8 Å². The van der Waals surface area contributed by atoms with Crippen molar-refractivity contribution in [2.45, 2.75) is 30.7 Å². The highest BCUT2D eigenvalue weighted by molar-refractivity contribution is 7.89. The molecule has 0 spiro atoms. The van der Waals surface area contributed by atoms with E-state index in [-0.39, 0.29) is 22.8 Å². The zero-order valence-electron chi connectivity index (χ0n) is 16.9. The van der Waals surface area contributed by atoms with Crippen LogP contribution in [0.2, 0.25) is 0 Å². The van der Waals surface area contributed by atoms with E-state index in [4.69, 9.17) is 0 Å². The first kappa shape index (κ1) is 20.5. The Morgan fingerprint density at radius 1 is 1.07 bits per heavy atom. The van der Waals surface area contributed by atoms with Gasteiger partial charge in [-0.2, -0.15) is 4.31 Å². The monoisotopic (exact) mass is 423 g/mol. The minimum Gasteiger partial charge on any atom is -0.349 e. The second-order valence-corrected chi connectivity index (χ2v) is 9.60. The zero-order valence-corrected chi connectivity index (χ0v) is 17.7. The molecule has 1 saturated heterocycles.